The first-order valence-electron chi connectivity index (χ1n) is 8.08. The molecule has 0 saturated carbocycles. The number of fused-ring (bicyclic) bond motifs is 1. The molecule has 0 unspecified atom stereocenters. The molecule has 0 radical (unpaired) electrons. The number of aromatic nitrogens is 2. The van der Waals surface area contributed by atoms with Gasteiger partial charge in [0.2, 0.25) is 0 Å². The molecule has 0 aliphatic carbocycles. The van der Waals surface area contributed by atoms with Crippen LogP contribution in [0.1, 0.15) is 23.2 Å². The van der Waals surface area contributed by atoms with Crippen LogP contribution in [-0.4, -0.2) is 21.5 Å². The molecule has 3 nitrogen and oxygen atoms in total. The van der Waals surface area contributed by atoms with Crippen LogP contribution in [-0.2, 0) is 12.7 Å². The molecule has 8 heteroatoms. The van der Waals surface area contributed by atoms with Gasteiger partial charge in [-0.2, -0.15) is 18.3 Å². The first kappa shape index (κ1) is 19.0. The quantitative estimate of drug-likeness (QED) is 0.645. The van der Waals surface area contributed by atoms with Crippen molar-refractivity contribution in [1.82, 2.24) is 9.78 Å². The largest absolute Gasteiger partial charge is 0.416 e. The van der Waals surface area contributed by atoms with E-state index in [1.807, 2.05) is 0 Å². The summed E-state index contributed by atoms with van der Waals surface area (Å²) in [4.78, 5) is 0. The third kappa shape index (κ3) is 4.16. The zero-order valence-electron chi connectivity index (χ0n) is 14.0. The summed E-state index contributed by atoms with van der Waals surface area (Å²) >= 11 is 0. The molecular formula is C19H15F5N2O. The number of alkyl halides is 3. The van der Waals surface area contributed by atoms with Crippen molar-refractivity contribution in [2.45, 2.75) is 19.1 Å². The Kier molecular flexibility index (Phi) is 5.27. The Morgan fingerprint density at radius 1 is 1.07 bits per heavy atom. The summed E-state index contributed by atoms with van der Waals surface area (Å²) < 4.78 is 67.5. The Hall–Kier alpha value is -2.74. The van der Waals surface area contributed by atoms with E-state index in [2.05, 4.69) is 5.10 Å². The number of nitrogens with zero attached hydrogens (tertiary/aromatic N) is 2. The summed E-state index contributed by atoms with van der Waals surface area (Å²) in [6.45, 7) is -0.230. The summed E-state index contributed by atoms with van der Waals surface area (Å²) in [5.41, 5.74) is -0.169. The van der Waals surface area contributed by atoms with E-state index in [9.17, 15) is 22.0 Å². The smallest absolute Gasteiger partial charge is 0.396 e. The highest BCUT2D eigenvalue weighted by molar-refractivity contribution is 5.88. The highest BCUT2D eigenvalue weighted by Gasteiger charge is 2.31. The maximum Gasteiger partial charge on any atom is 0.416 e. The van der Waals surface area contributed by atoms with E-state index in [0.717, 1.165) is 18.2 Å². The number of halogens is 5. The maximum atomic E-state index is 14.0. The number of aliphatic hydroxyl groups excluding tert-OH is 1. The van der Waals surface area contributed by atoms with Crippen molar-refractivity contribution < 1.29 is 27.1 Å². The topological polar surface area (TPSA) is 38.1 Å². The summed E-state index contributed by atoms with van der Waals surface area (Å²) in [6.07, 6.45) is -0.940. The van der Waals surface area contributed by atoms with E-state index in [-0.39, 0.29) is 24.2 Å². The van der Waals surface area contributed by atoms with Crippen LogP contribution >= 0.6 is 0 Å². The second-order valence-corrected chi connectivity index (χ2v) is 5.92. The van der Waals surface area contributed by atoms with Gasteiger partial charge in [0.1, 0.15) is 11.6 Å². The van der Waals surface area contributed by atoms with E-state index in [1.165, 1.54) is 16.8 Å². The van der Waals surface area contributed by atoms with E-state index in [1.54, 1.807) is 12.2 Å². The van der Waals surface area contributed by atoms with E-state index >= 15 is 0 Å². The van der Waals surface area contributed by atoms with E-state index < -0.39 is 23.4 Å². The molecule has 0 aliphatic heterocycles. The van der Waals surface area contributed by atoms with Crippen molar-refractivity contribution in [3.05, 3.63) is 70.9 Å². The van der Waals surface area contributed by atoms with Gasteiger partial charge >= 0.3 is 6.18 Å². The minimum atomic E-state index is -4.53. The zero-order valence-corrected chi connectivity index (χ0v) is 14.0. The van der Waals surface area contributed by atoms with Gasteiger partial charge in [0.05, 0.1) is 23.3 Å². The Balaban J connectivity index is 2.11. The second kappa shape index (κ2) is 7.48. The number of hydrogen-bond donors (Lipinski definition) is 1. The fourth-order valence-electron chi connectivity index (χ4n) is 2.70. The molecule has 0 aliphatic rings. The van der Waals surface area contributed by atoms with Crippen molar-refractivity contribution in [3.8, 4) is 0 Å². The first-order valence-corrected chi connectivity index (χ1v) is 8.08. The molecule has 1 heterocycles. The number of rotatable bonds is 5. The van der Waals surface area contributed by atoms with Crippen LogP contribution in [0.15, 0.2) is 42.5 Å². The van der Waals surface area contributed by atoms with Gasteiger partial charge in [-0.25, -0.2) is 8.78 Å². The van der Waals surface area contributed by atoms with Crippen LogP contribution in [0.4, 0.5) is 22.0 Å². The lowest BCUT2D eigenvalue weighted by atomic mass is 10.1. The zero-order chi connectivity index (χ0) is 19.6. The van der Waals surface area contributed by atoms with Crippen LogP contribution in [0.2, 0.25) is 0 Å². The third-order valence-corrected chi connectivity index (χ3v) is 4.01. The molecular weight excluding hydrogens is 367 g/mol. The summed E-state index contributed by atoms with van der Waals surface area (Å²) in [7, 11) is 0. The van der Waals surface area contributed by atoms with E-state index in [4.69, 9.17) is 5.11 Å². The molecule has 3 rings (SSSR count). The van der Waals surface area contributed by atoms with Crippen LogP contribution in [0.5, 0.6) is 0 Å². The summed E-state index contributed by atoms with van der Waals surface area (Å²) in [5.74, 6) is -1.54. The number of hydrogen-bond acceptors (Lipinski definition) is 2. The third-order valence-electron chi connectivity index (χ3n) is 4.01. The average molecular weight is 382 g/mol. The lowest BCUT2D eigenvalue weighted by Crippen LogP contribution is -2.07. The Morgan fingerprint density at radius 3 is 2.52 bits per heavy atom. The van der Waals surface area contributed by atoms with Crippen molar-refractivity contribution in [1.29, 1.82) is 0 Å². The fourth-order valence-corrected chi connectivity index (χ4v) is 2.70. The number of benzene rings is 2. The Bertz CT molecular complexity index is 992. The molecule has 0 spiro atoms. The summed E-state index contributed by atoms with van der Waals surface area (Å²) in [6, 6.07) is 6.23. The maximum absolute atomic E-state index is 14.0. The van der Waals surface area contributed by atoms with Crippen molar-refractivity contribution in [2.24, 2.45) is 0 Å². The minimum Gasteiger partial charge on any atom is -0.396 e. The van der Waals surface area contributed by atoms with Gasteiger partial charge in [0.15, 0.2) is 0 Å². The normalized spacial score (nSPS) is 12.4. The van der Waals surface area contributed by atoms with Crippen LogP contribution in [0.25, 0.3) is 17.0 Å². The fraction of sp³-hybridized carbons (Fsp3) is 0.211. The standard InChI is InChI=1S/C19H15F5N2O/c20-14-6-4-12(16(21)10-14)11-26-18-9-13(19(22,23)24)5-7-15(18)17(25-26)3-1-2-8-27/h1,3-7,9-10,27H,2,8,11H2. The molecule has 1 aromatic heterocycles. The summed E-state index contributed by atoms with van der Waals surface area (Å²) in [5, 5.41) is 13.6. The van der Waals surface area contributed by atoms with Crippen LogP contribution in [0, 0.1) is 11.6 Å². The lowest BCUT2D eigenvalue weighted by Gasteiger charge is -2.08. The minimum absolute atomic E-state index is 0.0752. The van der Waals surface area contributed by atoms with Gasteiger partial charge in [-0.3, -0.25) is 4.68 Å². The van der Waals surface area contributed by atoms with E-state index in [0.29, 0.717) is 23.6 Å². The van der Waals surface area contributed by atoms with Crippen molar-refractivity contribution >= 4 is 17.0 Å². The van der Waals surface area contributed by atoms with Gasteiger partial charge in [0, 0.05) is 23.6 Å². The van der Waals surface area contributed by atoms with Gasteiger partial charge in [-0.1, -0.05) is 12.1 Å². The Labute approximate surface area is 151 Å². The monoisotopic (exact) mass is 382 g/mol. The predicted octanol–water partition coefficient (Wildman–Crippen LogP) is 4.78. The molecule has 0 saturated heterocycles. The van der Waals surface area contributed by atoms with Crippen LogP contribution < -0.4 is 0 Å². The highest BCUT2D eigenvalue weighted by atomic mass is 19.4. The molecule has 0 amide bonds. The average Bonchev–Trinajstić information content (AvgIpc) is 2.94. The Morgan fingerprint density at radius 2 is 1.85 bits per heavy atom. The van der Waals surface area contributed by atoms with Gasteiger partial charge in [-0.15, -0.1) is 0 Å². The first-order chi connectivity index (χ1) is 12.8. The molecule has 0 atom stereocenters. The SMILES string of the molecule is OCCC=Cc1nn(Cc2ccc(F)cc2F)c2cc(C(F)(F)F)ccc12. The molecule has 2 aromatic carbocycles. The van der Waals surface area contributed by atoms with Gasteiger partial charge < -0.3 is 5.11 Å². The van der Waals surface area contributed by atoms with Crippen molar-refractivity contribution in [2.75, 3.05) is 6.61 Å². The van der Waals surface area contributed by atoms with Crippen LogP contribution in [0.3, 0.4) is 0 Å². The molecule has 27 heavy (non-hydrogen) atoms. The molecule has 3 aromatic rings. The second-order valence-electron chi connectivity index (χ2n) is 5.92. The molecule has 142 valence electrons. The lowest BCUT2D eigenvalue weighted by molar-refractivity contribution is -0.137. The van der Waals surface area contributed by atoms with Gasteiger partial charge in [0.25, 0.3) is 0 Å². The number of aliphatic hydroxyl groups is 1. The predicted molar refractivity (Wildman–Crippen MR) is 90.9 cm³/mol. The highest BCUT2D eigenvalue weighted by Crippen LogP contribution is 2.32. The molecule has 1 N–H and O–H groups in total. The van der Waals surface area contributed by atoms with Crippen molar-refractivity contribution in [3.63, 3.8) is 0 Å². The molecule has 0 fully saturated rings. The van der Waals surface area contributed by atoms with Gasteiger partial charge in [-0.05, 0) is 36.8 Å². The molecule has 0 bridgehead atoms.